The van der Waals surface area contributed by atoms with E-state index in [4.69, 9.17) is 16.0 Å². The van der Waals surface area contributed by atoms with Crippen molar-refractivity contribution in [2.24, 2.45) is 0 Å². The second-order valence-corrected chi connectivity index (χ2v) is 11.0. The molecule has 0 bridgehead atoms. The highest BCUT2D eigenvalue weighted by atomic mass is 35.5. The maximum Gasteiger partial charge on any atom is 0.329 e. The number of hydrogen-bond donors (Lipinski definition) is 0. The molecule has 36 heavy (non-hydrogen) atoms. The van der Waals surface area contributed by atoms with E-state index in [1.807, 2.05) is 0 Å². The average molecular weight is 539 g/mol. The van der Waals surface area contributed by atoms with E-state index < -0.39 is 22.3 Å². The fraction of sp³-hybridized carbons (Fsp3) is 0.364. The molecule has 190 valence electrons. The summed E-state index contributed by atoms with van der Waals surface area (Å²) in [5.74, 6) is -0.845. The van der Waals surface area contributed by atoms with E-state index in [0.29, 0.717) is 53.2 Å². The van der Waals surface area contributed by atoms with Crippen molar-refractivity contribution in [2.75, 3.05) is 19.3 Å². The zero-order valence-corrected chi connectivity index (χ0v) is 20.6. The number of nitrogens with zero attached hydrogens (tertiary/aromatic N) is 6. The van der Waals surface area contributed by atoms with Crippen molar-refractivity contribution in [3.63, 3.8) is 0 Å². The molecule has 4 aromatic rings. The van der Waals surface area contributed by atoms with Crippen LogP contribution in [0, 0.1) is 0 Å². The summed E-state index contributed by atoms with van der Waals surface area (Å²) in [6, 6.07) is 8.26. The highest BCUT2D eigenvalue weighted by Gasteiger charge is 2.29. The van der Waals surface area contributed by atoms with Crippen LogP contribution >= 0.6 is 11.6 Å². The molecule has 0 amide bonds. The van der Waals surface area contributed by atoms with E-state index in [1.54, 1.807) is 39.5 Å². The number of fused-ring (bicyclic) bond motifs is 1. The van der Waals surface area contributed by atoms with Crippen molar-refractivity contribution in [3.8, 4) is 11.5 Å². The van der Waals surface area contributed by atoms with E-state index in [1.165, 1.54) is 16.8 Å². The Labute approximate surface area is 209 Å². The van der Waals surface area contributed by atoms with Crippen LogP contribution in [0.2, 0.25) is 5.02 Å². The number of rotatable bonds is 6. The number of sulfonamides is 1. The van der Waals surface area contributed by atoms with E-state index in [0.717, 1.165) is 0 Å². The van der Waals surface area contributed by atoms with Gasteiger partial charge in [0.1, 0.15) is 0 Å². The molecule has 10 nitrogen and oxygen atoms in total. The van der Waals surface area contributed by atoms with Crippen molar-refractivity contribution >= 4 is 32.7 Å². The first-order valence-electron chi connectivity index (χ1n) is 11.0. The molecule has 0 N–H and O–H groups in total. The number of imidazole rings is 1. The van der Waals surface area contributed by atoms with Gasteiger partial charge in [0.15, 0.2) is 0 Å². The topological polar surface area (TPSA) is 116 Å². The maximum atomic E-state index is 13.6. The highest BCUT2D eigenvalue weighted by Crippen LogP contribution is 2.29. The van der Waals surface area contributed by atoms with Gasteiger partial charge in [-0.05, 0) is 43.2 Å². The van der Waals surface area contributed by atoms with Gasteiger partial charge in [0.25, 0.3) is 5.89 Å². The number of pyridine rings is 1. The normalized spacial score (nSPS) is 15.8. The zero-order valence-electron chi connectivity index (χ0n) is 19.0. The molecule has 0 aliphatic carbocycles. The Morgan fingerprint density at radius 1 is 1.14 bits per heavy atom. The Bertz CT molecular complexity index is 1570. The van der Waals surface area contributed by atoms with Crippen LogP contribution in [0.4, 0.5) is 8.78 Å². The second kappa shape index (κ2) is 9.37. The largest absolute Gasteiger partial charge is 0.415 e. The summed E-state index contributed by atoms with van der Waals surface area (Å²) in [6.07, 6.45) is 0.724. The van der Waals surface area contributed by atoms with Gasteiger partial charge in [-0.3, -0.25) is 14.1 Å². The monoisotopic (exact) mass is 538 g/mol. The Balaban J connectivity index is 1.45. The summed E-state index contributed by atoms with van der Waals surface area (Å²) in [6.45, 7) is 0.808. The van der Waals surface area contributed by atoms with Gasteiger partial charge in [0, 0.05) is 30.4 Å². The maximum absolute atomic E-state index is 13.6. The number of benzene rings is 1. The highest BCUT2D eigenvalue weighted by molar-refractivity contribution is 7.88. The number of hydrogen-bond acceptors (Lipinski definition) is 7. The lowest BCUT2D eigenvalue weighted by Gasteiger charge is -2.30. The molecule has 5 rings (SSSR count). The van der Waals surface area contributed by atoms with Gasteiger partial charge in [-0.15, -0.1) is 10.2 Å². The standard InChI is InChI=1S/C22H21ClF2N6O4S/c1-36(33,34)29-8-6-16(7-9-29)31-18-10-14(23)3-5-17(18)30(22(31)32)12-15-4-2-13(11-26-15)20-27-28-21(35-20)19(24)25/h2-5,10-11,16,19H,6-9,12H2,1H3. The molecule has 0 unspecified atom stereocenters. The molecule has 14 heteroatoms. The molecule has 1 aliphatic rings. The van der Waals surface area contributed by atoms with Crippen molar-refractivity contribution in [3.05, 3.63) is 63.6 Å². The number of piperidine rings is 1. The van der Waals surface area contributed by atoms with Crippen molar-refractivity contribution < 1.29 is 21.6 Å². The Kier molecular flexibility index (Phi) is 6.39. The van der Waals surface area contributed by atoms with E-state index in [2.05, 4.69) is 15.2 Å². The van der Waals surface area contributed by atoms with Crippen LogP contribution in [0.5, 0.6) is 0 Å². The minimum absolute atomic E-state index is 0.0757. The predicted molar refractivity (Wildman–Crippen MR) is 127 cm³/mol. The first-order valence-corrected chi connectivity index (χ1v) is 13.3. The van der Waals surface area contributed by atoms with Crippen molar-refractivity contribution in [2.45, 2.75) is 31.9 Å². The van der Waals surface area contributed by atoms with Crippen LogP contribution in [0.25, 0.3) is 22.5 Å². The summed E-state index contributed by atoms with van der Waals surface area (Å²) >= 11 is 6.24. The molecule has 1 fully saturated rings. The third kappa shape index (κ3) is 4.65. The van der Waals surface area contributed by atoms with Gasteiger partial charge in [-0.25, -0.2) is 17.5 Å². The molecule has 1 aliphatic heterocycles. The van der Waals surface area contributed by atoms with Crippen LogP contribution in [-0.2, 0) is 16.6 Å². The van der Waals surface area contributed by atoms with Gasteiger partial charge in [-0.1, -0.05) is 11.6 Å². The molecule has 0 spiro atoms. The molecular weight excluding hydrogens is 518 g/mol. The predicted octanol–water partition coefficient (Wildman–Crippen LogP) is 3.48. The molecule has 3 aromatic heterocycles. The SMILES string of the molecule is CS(=O)(=O)N1CCC(n2c(=O)n(Cc3ccc(-c4nnc(C(F)F)o4)cn3)c3ccc(Cl)cc32)CC1. The van der Waals surface area contributed by atoms with Gasteiger partial charge < -0.3 is 4.42 Å². The lowest BCUT2D eigenvalue weighted by molar-refractivity contribution is 0.116. The van der Waals surface area contributed by atoms with Crippen LogP contribution in [0.15, 0.2) is 45.7 Å². The van der Waals surface area contributed by atoms with Crippen LogP contribution in [0.3, 0.4) is 0 Å². The third-order valence-corrected chi connectivity index (χ3v) is 7.74. The molecule has 0 radical (unpaired) electrons. The number of alkyl halides is 2. The molecule has 1 saturated heterocycles. The van der Waals surface area contributed by atoms with Gasteiger partial charge >= 0.3 is 12.1 Å². The molecule has 0 saturated carbocycles. The van der Waals surface area contributed by atoms with Gasteiger partial charge in [-0.2, -0.15) is 8.78 Å². The lowest BCUT2D eigenvalue weighted by Crippen LogP contribution is -2.40. The quantitative estimate of drug-likeness (QED) is 0.369. The molecule has 4 heterocycles. The van der Waals surface area contributed by atoms with Crippen LogP contribution in [-0.4, -0.2) is 56.4 Å². The summed E-state index contributed by atoms with van der Waals surface area (Å²) in [7, 11) is -3.29. The first-order chi connectivity index (χ1) is 17.1. The fourth-order valence-electron chi connectivity index (χ4n) is 4.44. The lowest BCUT2D eigenvalue weighted by atomic mass is 10.1. The summed E-state index contributed by atoms with van der Waals surface area (Å²) in [5, 5.41) is 7.40. The minimum atomic E-state index is -3.29. The van der Waals surface area contributed by atoms with E-state index in [9.17, 15) is 22.0 Å². The Hall–Kier alpha value is -3.16. The Morgan fingerprint density at radius 2 is 1.89 bits per heavy atom. The third-order valence-electron chi connectivity index (χ3n) is 6.20. The molecular formula is C22H21ClF2N6O4S. The fourth-order valence-corrected chi connectivity index (χ4v) is 5.48. The van der Waals surface area contributed by atoms with Crippen molar-refractivity contribution in [1.82, 2.24) is 28.6 Å². The number of halogens is 3. The van der Waals surface area contributed by atoms with E-state index >= 15 is 0 Å². The average Bonchev–Trinajstić information content (AvgIpc) is 3.43. The summed E-state index contributed by atoms with van der Waals surface area (Å²) in [4.78, 5) is 17.9. The minimum Gasteiger partial charge on any atom is -0.415 e. The molecule has 1 aromatic carbocycles. The van der Waals surface area contributed by atoms with E-state index in [-0.39, 0.29) is 24.2 Å². The molecule has 0 atom stereocenters. The van der Waals surface area contributed by atoms with Crippen molar-refractivity contribution in [1.29, 1.82) is 0 Å². The second-order valence-electron chi connectivity index (χ2n) is 8.55. The smallest absolute Gasteiger partial charge is 0.329 e. The van der Waals surface area contributed by atoms with Gasteiger partial charge in [0.2, 0.25) is 15.9 Å². The van der Waals surface area contributed by atoms with Crippen LogP contribution in [0.1, 0.15) is 36.9 Å². The Morgan fingerprint density at radius 3 is 2.50 bits per heavy atom. The zero-order chi connectivity index (χ0) is 25.6. The first kappa shape index (κ1) is 24.5. The summed E-state index contributed by atoms with van der Waals surface area (Å²) in [5.41, 5.74) is 1.99. The van der Waals surface area contributed by atoms with Crippen LogP contribution < -0.4 is 5.69 Å². The van der Waals surface area contributed by atoms with Gasteiger partial charge in [0.05, 0.1) is 35.1 Å². The number of aromatic nitrogens is 5. The summed E-state index contributed by atoms with van der Waals surface area (Å²) < 4.78 is 58.8.